The van der Waals surface area contributed by atoms with Crippen LogP contribution in [0.25, 0.3) is 5.57 Å². The molecule has 20 heavy (non-hydrogen) atoms. The van der Waals surface area contributed by atoms with Gasteiger partial charge in [0, 0.05) is 0 Å². The number of nitrogens with zero attached hydrogens (tertiary/aromatic N) is 1. The molecular weight excluding hydrogens is 250 g/mol. The Bertz CT molecular complexity index is 530. The van der Waals surface area contributed by atoms with E-state index in [1.165, 1.54) is 36.8 Å². The topological polar surface area (TPSA) is 38.7 Å². The van der Waals surface area contributed by atoms with Crippen LogP contribution in [0.4, 0.5) is 0 Å². The van der Waals surface area contributed by atoms with Crippen molar-refractivity contribution in [2.24, 2.45) is 11.1 Å². The number of benzene rings is 1. The largest absolute Gasteiger partial charge is 0.497 e. The summed E-state index contributed by atoms with van der Waals surface area (Å²) in [4.78, 5) is 11.2. The molecule has 1 aromatic carbocycles. The van der Waals surface area contributed by atoms with Gasteiger partial charge in [0.05, 0.1) is 7.11 Å². The predicted molar refractivity (Wildman–Crippen MR) is 80.7 cm³/mol. The van der Waals surface area contributed by atoms with E-state index in [4.69, 9.17) is 4.74 Å². The molecule has 0 heterocycles. The maximum atomic E-state index is 11.2. The minimum Gasteiger partial charge on any atom is -0.497 e. The van der Waals surface area contributed by atoms with Gasteiger partial charge in [0.25, 0.3) is 0 Å². The lowest BCUT2D eigenvalue weighted by Crippen LogP contribution is -2.04. The lowest BCUT2D eigenvalue weighted by atomic mass is 9.90. The van der Waals surface area contributed by atoms with Crippen LogP contribution in [0.5, 0.6) is 5.75 Å². The molecule has 2 aliphatic carbocycles. The number of methoxy groups -OCH3 is 1. The zero-order valence-corrected chi connectivity index (χ0v) is 12.0. The summed E-state index contributed by atoms with van der Waals surface area (Å²) in [6.07, 6.45) is 7.09. The fourth-order valence-corrected chi connectivity index (χ4v) is 3.76. The van der Waals surface area contributed by atoms with Crippen molar-refractivity contribution in [2.45, 2.75) is 44.6 Å². The Hall–Kier alpha value is -1.64. The van der Waals surface area contributed by atoms with E-state index in [1.807, 2.05) is 18.2 Å². The summed E-state index contributed by atoms with van der Waals surface area (Å²) in [6, 6.07) is 7.88. The van der Waals surface area contributed by atoms with Gasteiger partial charge in [-0.05, 0) is 54.9 Å². The van der Waals surface area contributed by atoms with Crippen LogP contribution in [-0.4, -0.2) is 13.2 Å². The number of ether oxygens (including phenoxy) is 1. The molecule has 1 aromatic rings. The first kappa shape index (κ1) is 13.3. The molecule has 2 aliphatic rings. The average molecular weight is 271 g/mol. The molecule has 3 nitrogen and oxygen atoms in total. The minimum atomic E-state index is -0.169. The highest BCUT2D eigenvalue weighted by molar-refractivity contribution is 5.76. The first-order valence-electron chi connectivity index (χ1n) is 7.53. The summed E-state index contributed by atoms with van der Waals surface area (Å²) in [6.45, 7) is 0. The van der Waals surface area contributed by atoms with E-state index in [2.05, 4.69) is 11.2 Å². The second-order valence-corrected chi connectivity index (χ2v) is 5.81. The molecule has 0 spiro atoms. The van der Waals surface area contributed by atoms with E-state index in [0.717, 1.165) is 24.2 Å². The van der Waals surface area contributed by atoms with Gasteiger partial charge >= 0.3 is 0 Å². The fourth-order valence-electron chi connectivity index (χ4n) is 3.76. The second kappa shape index (κ2) is 5.78. The molecule has 1 unspecified atom stereocenters. The molecule has 0 aromatic heterocycles. The first-order valence-corrected chi connectivity index (χ1v) is 7.53. The van der Waals surface area contributed by atoms with Gasteiger partial charge in [-0.3, -0.25) is 0 Å². The second-order valence-electron chi connectivity index (χ2n) is 5.81. The Morgan fingerprint density at radius 1 is 1.20 bits per heavy atom. The number of rotatable bonds is 4. The Morgan fingerprint density at radius 2 is 2.00 bits per heavy atom. The zero-order chi connectivity index (χ0) is 13.9. The van der Waals surface area contributed by atoms with Crippen LogP contribution in [0.3, 0.4) is 0 Å². The maximum absolute atomic E-state index is 11.2. The van der Waals surface area contributed by atoms with Crippen LogP contribution in [0.2, 0.25) is 0 Å². The quantitative estimate of drug-likeness (QED) is 0.752. The molecule has 0 saturated heterocycles. The molecule has 1 fully saturated rings. The van der Waals surface area contributed by atoms with E-state index < -0.39 is 0 Å². The normalized spacial score (nSPS) is 23.4. The number of hydrogen-bond donors (Lipinski definition) is 0. The van der Waals surface area contributed by atoms with Gasteiger partial charge in [-0.1, -0.05) is 35.7 Å². The highest BCUT2D eigenvalue weighted by Crippen LogP contribution is 2.45. The van der Waals surface area contributed by atoms with E-state index in [1.54, 1.807) is 7.11 Å². The first-order chi connectivity index (χ1) is 9.83. The van der Waals surface area contributed by atoms with Gasteiger partial charge in [0.15, 0.2) is 0 Å². The summed E-state index contributed by atoms with van der Waals surface area (Å²) in [7, 11) is 1.68. The molecule has 3 heteroatoms. The van der Waals surface area contributed by atoms with Crippen LogP contribution in [-0.2, 0) is 0 Å². The van der Waals surface area contributed by atoms with Crippen molar-refractivity contribution in [1.29, 1.82) is 0 Å². The molecule has 106 valence electrons. The molecule has 1 atom stereocenters. The molecule has 0 N–H and O–H groups in total. The molecule has 1 saturated carbocycles. The monoisotopic (exact) mass is 271 g/mol. The van der Waals surface area contributed by atoms with Crippen molar-refractivity contribution in [3.8, 4) is 5.75 Å². The zero-order valence-electron chi connectivity index (χ0n) is 12.0. The van der Waals surface area contributed by atoms with Crippen LogP contribution >= 0.6 is 0 Å². The van der Waals surface area contributed by atoms with E-state index in [0.29, 0.717) is 5.92 Å². The van der Waals surface area contributed by atoms with Gasteiger partial charge < -0.3 is 4.74 Å². The van der Waals surface area contributed by atoms with E-state index >= 15 is 0 Å². The summed E-state index contributed by atoms with van der Waals surface area (Å²) >= 11 is 0. The number of allylic oxidation sites excluding steroid dienone is 1. The van der Waals surface area contributed by atoms with Crippen molar-refractivity contribution in [3.63, 3.8) is 0 Å². The molecule has 0 amide bonds. The van der Waals surface area contributed by atoms with Crippen LogP contribution < -0.4 is 4.74 Å². The number of hydrogen-bond acceptors (Lipinski definition) is 3. The third-order valence-corrected chi connectivity index (χ3v) is 4.72. The van der Waals surface area contributed by atoms with E-state index in [-0.39, 0.29) is 6.04 Å². The van der Waals surface area contributed by atoms with Gasteiger partial charge in [-0.15, -0.1) is 0 Å². The van der Waals surface area contributed by atoms with Crippen LogP contribution in [0.15, 0.2) is 35.0 Å². The molecular formula is C17H21NO2. The smallest absolute Gasteiger partial charge is 0.119 e. The average Bonchev–Trinajstić information content (AvgIpc) is 3.15. The summed E-state index contributed by atoms with van der Waals surface area (Å²) in [5, 5.41) is 3.37. The van der Waals surface area contributed by atoms with Crippen molar-refractivity contribution >= 4 is 5.57 Å². The third kappa shape index (κ3) is 2.37. The Balaban J connectivity index is 2.03. The van der Waals surface area contributed by atoms with Crippen molar-refractivity contribution < 1.29 is 4.74 Å². The standard InChI is InChI=1S/C17H21NO2/c1-20-14-8-4-7-13(11-14)17-15(9-10-16(17)18-19)12-5-2-3-6-12/h4,7-8,11-12,16H,2-3,5-6,9-10H2,1H3. The lowest BCUT2D eigenvalue weighted by Gasteiger charge is -2.16. The van der Waals surface area contributed by atoms with Gasteiger partial charge in [-0.2, -0.15) is 4.91 Å². The summed E-state index contributed by atoms with van der Waals surface area (Å²) < 4.78 is 5.31. The van der Waals surface area contributed by atoms with Crippen molar-refractivity contribution in [2.75, 3.05) is 7.11 Å². The molecule has 0 bridgehead atoms. The van der Waals surface area contributed by atoms with E-state index in [9.17, 15) is 4.91 Å². The number of nitroso groups, excluding NO2 is 1. The fraction of sp³-hybridized carbons (Fsp3) is 0.529. The summed E-state index contributed by atoms with van der Waals surface area (Å²) in [5.41, 5.74) is 3.79. The van der Waals surface area contributed by atoms with Gasteiger partial charge in [0.1, 0.15) is 11.8 Å². The highest BCUT2D eigenvalue weighted by Gasteiger charge is 2.32. The Morgan fingerprint density at radius 3 is 2.70 bits per heavy atom. The van der Waals surface area contributed by atoms with Gasteiger partial charge in [-0.25, -0.2) is 0 Å². The lowest BCUT2D eigenvalue weighted by molar-refractivity contribution is 0.414. The van der Waals surface area contributed by atoms with Crippen molar-refractivity contribution in [3.05, 3.63) is 40.3 Å². The van der Waals surface area contributed by atoms with Crippen molar-refractivity contribution in [1.82, 2.24) is 0 Å². The SMILES string of the molecule is COc1cccc(C2=C(C3CCCC3)CCC2N=O)c1. The third-order valence-electron chi connectivity index (χ3n) is 4.72. The molecule has 3 rings (SSSR count). The Kier molecular flexibility index (Phi) is 3.86. The molecule has 0 radical (unpaired) electrons. The minimum absolute atomic E-state index is 0.169. The predicted octanol–water partition coefficient (Wildman–Crippen LogP) is 4.57. The van der Waals surface area contributed by atoms with Crippen LogP contribution in [0, 0.1) is 10.8 Å². The Labute approximate surface area is 120 Å². The maximum Gasteiger partial charge on any atom is 0.119 e. The van der Waals surface area contributed by atoms with Gasteiger partial charge in [0.2, 0.25) is 0 Å². The van der Waals surface area contributed by atoms with Crippen LogP contribution in [0.1, 0.15) is 44.1 Å². The highest BCUT2D eigenvalue weighted by atomic mass is 16.5. The summed E-state index contributed by atoms with van der Waals surface area (Å²) in [5.74, 6) is 1.51. The molecule has 0 aliphatic heterocycles.